The molecule has 0 spiro atoms. The van der Waals surface area contributed by atoms with Crippen LogP contribution in [-0.4, -0.2) is 55.3 Å². The van der Waals surface area contributed by atoms with Crippen molar-refractivity contribution in [2.75, 3.05) is 39.7 Å². The molecular formula is C20H28N4O2. The highest BCUT2D eigenvalue weighted by molar-refractivity contribution is 5.91. The first-order valence-corrected chi connectivity index (χ1v) is 9.59. The second-order valence-electron chi connectivity index (χ2n) is 7.41. The first-order valence-electron chi connectivity index (χ1n) is 9.59. The lowest BCUT2D eigenvalue weighted by molar-refractivity contribution is 0.264. The minimum Gasteiger partial charge on any atom is -0.491 e. The maximum absolute atomic E-state index is 5.45. The standard InChI is InChI=1S/C20H28N4O2/c1-24-10-8-13(9-11-24)21-18-14-6-4-5-7-15(14)22-16-12-17(25-2)20(26-3)23-19(16)18/h12-13H,4-11H2,1-3H3,(H,21,22). The molecule has 0 bridgehead atoms. The van der Waals surface area contributed by atoms with Crippen LogP contribution in [0.5, 0.6) is 11.6 Å². The molecule has 1 N–H and O–H groups in total. The van der Waals surface area contributed by atoms with E-state index >= 15 is 0 Å². The van der Waals surface area contributed by atoms with Gasteiger partial charge in [0.15, 0.2) is 5.75 Å². The van der Waals surface area contributed by atoms with Crippen LogP contribution >= 0.6 is 0 Å². The van der Waals surface area contributed by atoms with Gasteiger partial charge in [0.25, 0.3) is 5.88 Å². The van der Waals surface area contributed by atoms with Gasteiger partial charge in [-0.05, 0) is 64.2 Å². The van der Waals surface area contributed by atoms with Crippen LogP contribution in [0, 0.1) is 0 Å². The molecule has 0 atom stereocenters. The summed E-state index contributed by atoms with van der Waals surface area (Å²) >= 11 is 0. The molecule has 0 saturated carbocycles. The van der Waals surface area contributed by atoms with Gasteiger partial charge in [-0.25, -0.2) is 4.98 Å². The van der Waals surface area contributed by atoms with Crippen LogP contribution in [0.4, 0.5) is 5.69 Å². The normalized spacial score (nSPS) is 18.6. The number of rotatable bonds is 4. The summed E-state index contributed by atoms with van der Waals surface area (Å²) in [6.45, 7) is 2.26. The molecule has 1 fully saturated rings. The van der Waals surface area contributed by atoms with Gasteiger partial charge in [0.1, 0.15) is 5.52 Å². The molecule has 0 unspecified atom stereocenters. The molecule has 1 aliphatic heterocycles. The molecule has 140 valence electrons. The molecule has 1 saturated heterocycles. The molecule has 0 radical (unpaired) electrons. The van der Waals surface area contributed by atoms with Gasteiger partial charge in [0.2, 0.25) is 0 Å². The van der Waals surface area contributed by atoms with Crippen LogP contribution in [0.1, 0.15) is 36.9 Å². The molecule has 3 heterocycles. The molecule has 4 rings (SSSR count). The average molecular weight is 356 g/mol. The Labute approximate surface area is 154 Å². The zero-order valence-electron chi connectivity index (χ0n) is 16.0. The molecule has 0 aromatic carbocycles. The minimum atomic E-state index is 0.484. The summed E-state index contributed by atoms with van der Waals surface area (Å²) in [6, 6.07) is 2.44. The van der Waals surface area contributed by atoms with Gasteiger partial charge in [0.05, 0.1) is 25.4 Å². The van der Waals surface area contributed by atoms with Crippen molar-refractivity contribution in [2.24, 2.45) is 0 Å². The summed E-state index contributed by atoms with van der Waals surface area (Å²) in [4.78, 5) is 12.1. The topological polar surface area (TPSA) is 59.5 Å². The zero-order chi connectivity index (χ0) is 18.1. The number of likely N-dealkylation sites (tertiary alicyclic amines) is 1. The molecule has 26 heavy (non-hydrogen) atoms. The van der Waals surface area contributed by atoms with Gasteiger partial charge in [0, 0.05) is 17.8 Å². The number of ether oxygens (including phenoxy) is 2. The van der Waals surface area contributed by atoms with Gasteiger partial charge in [-0.15, -0.1) is 0 Å². The molecule has 6 nitrogen and oxygen atoms in total. The van der Waals surface area contributed by atoms with Gasteiger partial charge >= 0.3 is 0 Å². The summed E-state index contributed by atoms with van der Waals surface area (Å²) in [5, 5.41) is 3.84. The SMILES string of the molecule is COc1cc2nc3c(c(NC4CCN(C)CC4)c2nc1OC)CCCC3. The van der Waals surface area contributed by atoms with E-state index < -0.39 is 0 Å². The number of methoxy groups -OCH3 is 2. The highest BCUT2D eigenvalue weighted by Gasteiger charge is 2.24. The first kappa shape index (κ1) is 17.3. The highest BCUT2D eigenvalue weighted by atomic mass is 16.5. The number of hydrogen-bond donors (Lipinski definition) is 1. The zero-order valence-corrected chi connectivity index (χ0v) is 16.0. The lowest BCUT2D eigenvalue weighted by atomic mass is 9.93. The Morgan fingerprint density at radius 2 is 1.85 bits per heavy atom. The number of pyridine rings is 2. The Morgan fingerprint density at radius 3 is 2.58 bits per heavy atom. The van der Waals surface area contributed by atoms with Crippen LogP contribution in [0.2, 0.25) is 0 Å². The summed E-state index contributed by atoms with van der Waals surface area (Å²) < 4.78 is 10.9. The first-order chi connectivity index (χ1) is 12.7. The van der Waals surface area contributed by atoms with E-state index in [4.69, 9.17) is 19.4 Å². The molecule has 6 heteroatoms. The highest BCUT2D eigenvalue weighted by Crippen LogP contribution is 2.37. The predicted molar refractivity (Wildman–Crippen MR) is 103 cm³/mol. The maximum atomic E-state index is 5.45. The lowest BCUT2D eigenvalue weighted by Gasteiger charge is -2.32. The van der Waals surface area contributed by atoms with E-state index in [2.05, 4.69) is 17.3 Å². The van der Waals surface area contributed by atoms with Crippen molar-refractivity contribution in [2.45, 2.75) is 44.6 Å². The number of anilines is 1. The maximum Gasteiger partial charge on any atom is 0.257 e. The van der Waals surface area contributed by atoms with Crippen molar-refractivity contribution >= 4 is 16.7 Å². The lowest BCUT2D eigenvalue weighted by Crippen LogP contribution is -2.37. The van der Waals surface area contributed by atoms with Crippen molar-refractivity contribution in [3.8, 4) is 11.6 Å². The van der Waals surface area contributed by atoms with Crippen LogP contribution < -0.4 is 14.8 Å². The van der Waals surface area contributed by atoms with E-state index in [9.17, 15) is 0 Å². The van der Waals surface area contributed by atoms with Crippen LogP contribution in [0.3, 0.4) is 0 Å². The summed E-state index contributed by atoms with van der Waals surface area (Å²) in [7, 11) is 5.46. The third-order valence-corrected chi connectivity index (χ3v) is 5.65. The number of aromatic nitrogens is 2. The van der Waals surface area contributed by atoms with E-state index in [1.165, 1.54) is 29.8 Å². The second kappa shape index (κ2) is 7.27. The van der Waals surface area contributed by atoms with E-state index in [1.54, 1.807) is 14.2 Å². The van der Waals surface area contributed by atoms with Gasteiger partial charge in [-0.1, -0.05) is 0 Å². The Morgan fingerprint density at radius 1 is 1.08 bits per heavy atom. The van der Waals surface area contributed by atoms with Crippen molar-refractivity contribution in [1.29, 1.82) is 0 Å². The van der Waals surface area contributed by atoms with Crippen LogP contribution in [-0.2, 0) is 12.8 Å². The van der Waals surface area contributed by atoms with E-state index in [-0.39, 0.29) is 0 Å². The molecule has 1 aliphatic carbocycles. The largest absolute Gasteiger partial charge is 0.491 e. The van der Waals surface area contributed by atoms with Gasteiger partial charge in [-0.3, -0.25) is 4.98 Å². The van der Waals surface area contributed by atoms with E-state index in [0.717, 1.165) is 49.8 Å². The number of piperidine rings is 1. The predicted octanol–water partition coefficient (Wildman–Crippen LogP) is 3.03. The fourth-order valence-corrected chi connectivity index (χ4v) is 4.11. The molecule has 2 aliphatic rings. The number of aryl methyl sites for hydroxylation is 1. The van der Waals surface area contributed by atoms with E-state index in [1.807, 2.05) is 6.07 Å². The second-order valence-corrected chi connectivity index (χ2v) is 7.41. The van der Waals surface area contributed by atoms with Gasteiger partial charge < -0.3 is 19.7 Å². The van der Waals surface area contributed by atoms with Gasteiger partial charge in [-0.2, -0.15) is 0 Å². The Hall–Kier alpha value is -2.08. The summed E-state index contributed by atoms with van der Waals surface area (Å²) in [5.41, 5.74) is 5.52. The smallest absolute Gasteiger partial charge is 0.257 e. The van der Waals surface area contributed by atoms with Crippen molar-refractivity contribution in [3.05, 3.63) is 17.3 Å². The fourth-order valence-electron chi connectivity index (χ4n) is 4.11. The van der Waals surface area contributed by atoms with E-state index in [0.29, 0.717) is 17.7 Å². The van der Waals surface area contributed by atoms with Crippen molar-refractivity contribution in [1.82, 2.24) is 14.9 Å². The minimum absolute atomic E-state index is 0.484. The Bertz CT molecular complexity index is 795. The number of nitrogens with zero attached hydrogens (tertiary/aromatic N) is 3. The fraction of sp³-hybridized carbons (Fsp3) is 0.600. The van der Waals surface area contributed by atoms with Crippen LogP contribution in [0.15, 0.2) is 6.07 Å². The molecule has 2 aromatic heterocycles. The van der Waals surface area contributed by atoms with Crippen molar-refractivity contribution < 1.29 is 9.47 Å². The molecule has 2 aromatic rings. The number of fused-ring (bicyclic) bond motifs is 2. The Kier molecular flexibility index (Phi) is 4.85. The number of hydrogen-bond acceptors (Lipinski definition) is 6. The monoisotopic (exact) mass is 356 g/mol. The molecule has 0 amide bonds. The third-order valence-electron chi connectivity index (χ3n) is 5.65. The molecular weight excluding hydrogens is 328 g/mol. The quantitative estimate of drug-likeness (QED) is 0.909. The van der Waals surface area contributed by atoms with Crippen molar-refractivity contribution in [3.63, 3.8) is 0 Å². The van der Waals surface area contributed by atoms with Crippen LogP contribution in [0.25, 0.3) is 11.0 Å². The summed E-state index contributed by atoms with van der Waals surface area (Å²) in [6.07, 6.45) is 6.85. The summed E-state index contributed by atoms with van der Waals surface area (Å²) in [5.74, 6) is 1.15. The Balaban J connectivity index is 1.81. The average Bonchev–Trinajstić information content (AvgIpc) is 2.68. The third kappa shape index (κ3) is 3.18. The number of nitrogens with one attached hydrogen (secondary N) is 1.